The first kappa shape index (κ1) is 32.8. The van der Waals surface area contributed by atoms with Crippen LogP contribution in [0.15, 0.2) is 65.9 Å². The highest BCUT2D eigenvalue weighted by Gasteiger charge is 2.43. The third-order valence-corrected chi connectivity index (χ3v) is 8.65. The van der Waals surface area contributed by atoms with Crippen molar-refractivity contribution in [3.63, 3.8) is 0 Å². The maximum Gasteiger partial charge on any atom is 0.309 e. The Balaban J connectivity index is 1.69. The summed E-state index contributed by atoms with van der Waals surface area (Å²) >= 11 is 19.1. The largest absolute Gasteiger partial charge is 0.465 e. The molecule has 4 atom stereocenters. The van der Waals surface area contributed by atoms with Gasteiger partial charge in [-0.3, -0.25) is 24.7 Å². The minimum absolute atomic E-state index is 0.131. The molecular formula is C32H38Cl3N5O3. The lowest BCUT2D eigenvalue weighted by Gasteiger charge is -2.30. The molecule has 1 N–H and O–H groups in total. The van der Waals surface area contributed by atoms with Crippen LogP contribution in [0.3, 0.4) is 0 Å². The first-order valence-electron chi connectivity index (χ1n) is 14.6. The van der Waals surface area contributed by atoms with Crippen molar-refractivity contribution in [3.05, 3.63) is 81.6 Å². The summed E-state index contributed by atoms with van der Waals surface area (Å²) in [5.41, 5.74) is 3.85. The molecule has 43 heavy (non-hydrogen) atoms. The van der Waals surface area contributed by atoms with Crippen LogP contribution in [-0.4, -0.2) is 39.6 Å². The molecular weight excluding hydrogens is 609 g/mol. The summed E-state index contributed by atoms with van der Waals surface area (Å²) in [7, 11) is 0. The zero-order valence-corrected chi connectivity index (χ0v) is 27.2. The summed E-state index contributed by atoms with van der Waals surface area (Å²) in [5, 5.41) is 6.39. The number of amides is 1. The smallest absolute Gasteiger partial charge is 0.309 e. The lowest BCUT2D eigenvalue weighted by molar-refractivity contribution is -0.149. The molecule has 11 heteroatoms. The molecule has 4 unspecified atom stereocenters. The van der Waals surface area contributed by atoms with Gasteiger partial charge >= 0.3 is 5.97 Å². The molecule has 1 saturated heterocycles. The molecule has 1 amide bonds. The number of rotatable bonds is 13. The van der Waals surface area contributed by atoms with Crippen LogP contribution >= 0.6 is 34.8 Å². The maximum atomic E-state index is 13.9. The van der Waals surface area contributed by atoms with Gasteiger partial charge < -0.3 is 4.74 Å². The number of halogens is 3. The summed E-state index contributed by atoms with van der Waals surface area (Å²) in [6, 6.07) is 14.0. The molecule has 230 valence electrons. The molecule has 0 bridgehead atoms. The molecule has 4 rings (SSSR count). The van der Waals surface area contributed by atoms with Crippen LogP contribution in [0.1, 0.15) is 77.3 Å². The first-order valence-corrected chi connectivity index (χ1v) is 15.8. The lowest BCUT2D eigenvalue weighted by Crippen LogP contribution is -2.38. The number of ether oxygens (including phenoxy) is 1. The number of benzene rings is 2. The summed E-state index contributed by atoms with van der Waals surface area (Å²) < 4.78 is 7.27. The van der Waals surface area contributed by atoms with Gasteiger partial charge in [0.15, 0.2) is 11.9 Å². The topological polar surface area (TPSA) is 88.8 Å². The number of carbonyl (C=O) groups excluding carboxylic acids is 2. The molecule has 8 nitrogen and oxygen atoms in total. The third-order valence-electron chi connectivity index (χ3n) is 7.85. The molecule has 1 aromatic heterocycles. The highest BCUT2D eigenvalue weighted by Crippen LogP contribution is 2.39. The van der Waals surface area contributed by atoms with E-state index in [-0.39, 0.29) is 33.5 Å². The molecule has 2 aromatic carbocycles. The SMILES string of the molecule is CCCCOC(=O)C(CC(C)c1ccccc1)CC(C)(CC)N=C1NN(c2c(Cl)cc(Cl)cc2Cl)C(=O)C1n1cccn1. The molecule has 0 spiro atoms. The predicted octanol–water partition coefficient (Wildman–Crippen LogP) is 8.05. The van der Waals surface area contributed by atoms with E-state index in [0.717, 1.165) is 18.4 Å². The Labute approximate surface area is 268 Å². The second-order valence-electron chi connectivity index (χ2n) is 11.2. The van der Waals surface area contributed by atoms with Crippen molar-refractivity contribution < 1.29 is 14.3 Å². The summed E-state index contributed by atoms with van der Waals surface area (Å²) in [6.45, 7) is 8.59. The van der Waals surface area contributed by atoms with Gasteiger partial charge in [-0.25, -0.2) is 5.01 Å². The van der Waals surface area contributed by atoms with Gasteiger partial charge in [-0.05, 0) is 62.3 Å². The molecule has 1 fully saturated rings. The zero-order valence-electron chi connectivity index (χ0n) is 24.9. The zero-order chi connectivity index (χ0) is 31.1. The molecule has 0 saturated carbocycles. The quantitative estimate of drug-likeness (QED) is 0.150. The van der Waals surface area contributed by atoms with E-state index in [9.17, 15) is 9.59 Å². The van der Waals surface area contributed by atoms with E-state index in [1.165, 1.54) is 21.8 Å². The van der Waals surface area contributed by atoms with E-state index in [4.69, 9.17) is 44.5 Å². The van der Waals surface area contributed by atoms with Crippen molar-refractivity contribution in [2.45, 2.75) is 77.3 Å². The second kappa shape index (κ2) is 14.6. The second-order valence-corrected chi connectivity index (χ2v) is 12.5. The van der Waals surface area contributed by atoms with E-state index in [1.54, 1.807) is 18.5 Å². The number of amidine groups is 1. The number of unbranched alkanes of at least 4 members (excludes halogenated alkanes) is 1. The number of nitrogens with one attached hydrogen (secondary N) is 1. The number of esters is 1. The van der Waals surface area contributed by atoms with E-state index >= 15 is 0 Å². The molecule has 1 aliphatic rings. The Bertz CT molecular complexity index is 1410. The predicted molar refractivity (Wildman–Crippen MR) is 173 cm³/mol. The van der Waals surface area contributed by atoms with Gasteiger partial charge in [-0.1, -0.05) is 92.3 Å². The Morgan fingerprint density at radius 3 is 2.44 bits per heavy atom. The van der Waals surface area contributed by atoms with Gasteiger partial charge in [-0.2, -0.15) is 5.10 Å². The Morgan fingerprint density at radius 2 is 1.84 bits per heavy atom. The minimum Gasteiger partial charge on any atom is -0.465 e. The fraction of sp³-hybridized carbons (Fsp3) is 0.438. The average molecular weight is 647 g/mol. The van der Waals surface area contributed by atoms with Gasteiger partial charge in [0.25, 0.3) is 5.91 Å². The van der Waals surface area contributed by atoms with Crippen LogP contribution in [0.25, 0.3) is 0 Å². The fourth-order valence-corrected chi connectivity index (χ4v) is 6.26. The normalized spacial score (nSPS) is 18.8. The molecule has 1 aliphatic heterocycles. The van der Waals surface area contributed by atoms with Gasteiger partial charge in [0.05, 0.1) is 28.1 Å². The van der Waals surface area contributed by atoms with Crippen molar-refractivity contribution in [1.29, 1.82) is 0 Å². The van der Waals surface area contributed by atoms with Gasteiger partial charge in [0, 0.05) is 17.4 Å². The standard InChI is InChI=1S/C32H38Cl3N5O3/c1-5-7-16-43-31(42)23(17-21(3)22-12-9-8-10-13-22)20-32(4,6-2)37-29-28(39-15-11-14-36-39)30(41)40(38-29)27-25(34)18-24(33)19-26(27)35/h8-15,18-19,21,23,28H,5-7,16-17,20H2,1-4H3,(H,37,38). The van der Waals surface area contributed by atoms with Crippen molar-refractivity contribution in [3.8, 4) is 0 Å². The summed E-state index contributed by atoms with van der Waals surface area (Å²) in [5.74, 6) is -0.490. The van der Waals surface area contributed by atoms with Crippen LogP contribution in [-0.2, 0) is 14.3 Å². The first-order chi connectivity index (χ1) is 20.6. The molecule has 0 radical (unpaired) electrons. The Morgan fingerprint density at radius 1 is 1.14 bits per heavy atom. The molecule has 0 aliphatic carbocycles. The summed E-state index contributed by atoms with van der Waals surface area (Å²) in [4.78, 5) is 32.4. The molecule has 3 aromatic rings. The number of nitrogens with zero attached hydrogens (tertiary/aromatic N) is 4. The van der Waals surface area contributed by atoms with E-state index < -0.39 is 17.5 Å². The van der Waals surface area contributed by atoms with Crippen LogP contribution in [0, 0.1) is 5.92 Å². The van der Waals surface area contributed by atoms with Gasteiger partial charge in [0.1, 0.15) is 5.69 Å². The third kappa shape index (κ3) is 7.91. The Kier molecular flexibility index (Phi) is 11.2. The van der Waals surface area contributed by atoms with Crippen LogP contribution < -0.4 is 10.4 Å². The fourth-order valence-electron chi connectivity index (χ4n) is 5.28. The van der Waals surface area contributed by atoms with Crippen molar-refractivity contribution in [2.24, 2.45) is 10.9 Å². The van der Waals surface area contributed by atoms with Gasteiger partial charge in [0.2, 0.25) is 0 Å². The number of anilines is 1. The lowest BCUT2D eigenvalue weighted by atomic mass is 9.81. The maximum absolute atomic E-state index is 13.9. The highest BCUT2D eigenvalue weighted by molar-refractivity contribution is 6.43. The number of hydrogen-bond acceptors (Lipinski definition) is 5. The van der Waals surface area contributed by atoms with E-state index in [2.05, 4.69) is 36.5 Å². The van der Waals surface area contributed by atoms with Crippen molar-refractivity contribution in [1.82, 2.24) is 15.2 Å². The van der Waals surface area contributed by atoms with E-state index in [1.807, 2.05) is 32.0 Å². The van der Waals surface area contributed by atoms with Crippen molar-refractivity contribution in [2.75, 3.05) is 11.6 Å². The van der Waals surface area contributed by atoms with E-state index in [0.29, 0.717) is 36.7 Å². The number of hydrazine groups is 1. The monoisotopic (exact) mass is 645 g/mol. The van der Waals surface area contributed by atoms with Crippen molar-refractivity contribution >= 4 is 58.2 Å². The van der Waals surface area contributed by atoms with Crippen LogP contribution in [0.2, 0.25) is 15.1 Å². The average Bonchev–Trinajstić information content (AvgIpc) is 3.60. The number of aliphatic imine (C=N–C) groups is 1. The Hall–Kier alpha value is -3.07. The summed E-state index contributed by atoms with van der Waals surface area (Å²) in [6.07, 6.45) is 6.69. The van der Waals surface area contributed by atoms with Crippen LogP contribution in [0.5, 0.6) is 0 Å². The van der Waals surface area contributed by atoms with Gasteiger partial charge in [-0.15, -0.1) is 0 Å². The molecule has 2 heterocycles. The minimum atomic E-state index is -0.887. The highest BCUT2D eigenvalue weighted by atomic mass is 35.5. The number of aromatic nitrogens is 2. The number of carbonyl (C=O) groups is 2. The number of hydrogen-bond donors (Lipinski definition) is 1. The van der Waals surface area contributed by atoms with Crippen LogP contribution in [0.4, 0.5) is 5.69 Å².